The van der Waals surface area contributed by atoms with E-state index in [1.54, 1.807) is 0 Å². The Labute approximate surface area is 109 Å². The lowest BCUT2D eigenvalue weighted by atomic mass is 9.95. The highest BCUT2D eigenvalue weighted by atomic mass is 15.2. The van der Waals surface area contributed by atoms with E-state index in [1.165, 1.54) is 30.7 Å². The minimum absolute atomic E-state index is 0.559. The van der Waals surface area contributed by atoms with Crippen molar-refractivity contribution < 1.29 is 0 Å². The molecule has 2 aliphatic heterocycles. The predicted molar refractivity (Wildman–Crippen MR) is 72.4 cm³/mol. The molecular weight excluding hydrogens is 224 g/mol. The van der Waals surface area contributed by atoms with Gasteiger partial charge in [0.1, 0.15) is 0 Å². The van der Waals surface area contributed by atoms with Crippen molar-refractivity contribution in [2.45, 2.75) is 64.2 Å². The zero-order chi connectivity index (χ0) is 12.5. The van der Waals surface area contributed by atoms with Gasteiger partial charge in [-0.3, -0.25) is 4.90 Å². The van der Waals surface area contributed by atoms with Crippen LogP contribution >= 0.6 is 0 Å². The largest absolute Gasteiger partial charge is 0.347 e. The molecule has 3 atom stereocenters. The summed E-state index contributed by atoms with van der Waals surface area (Å²) in [6.45, 7) is 6.85. The molecule has 4 heteroatoms. The number of hydrogen-bond acceptors (Lipinski definition) is 3. The number of imidazole rings is 1. The first-order chi connectivity index (χ1) is 8.74. The first kappa shape index (κ1) is 12.2. The summed E-state index contributed by atoms with van der Waals surface area (Å²) < 4.78 is 0. The summed E-state index contributed by atoms with van der Waals surface area (Å²) in [7, 11) is 0. The Balaban J connectivity index is 1.63. The molecule has 1 aromatic rings. The van der Waals surface area contributed by atoms with Crippen LogP contribution in [0.4, 0.5) is 0 Å². The number of rotatable bonds is 2. The Kier molecular flexibility index (Phi) is 3.39. The molecule has 0 radical (unpaired) electrons. The van der Waals surface area contributed by atoms with Crippen molar-refractivity contribution in [1.29, 1.82) is 0 Å². The van der Waals surface area contributed by atoms with Gasteiger partial charge in [-0.1, -0.05) is 6.42 Å². The summed E-state index contributed by atoms with van der Waals surface area (Å²) in [4.78, 5) is 10.3. The SMILES string of the molecule is C[C@@H]1CCC[C@H](C)N1CC1Cc2nc[nH]c2CN1. The molecule has 1 unspecified atom stereocenters. The normalized spacial score (nSPS) is 33.3. The van der Waals surface area contributed by atoms with Crippen LogP contribution in [0.1, 0.15) is 44.5 Å². The van der Waals surface area contributed by atoms with Crippen molar-refractivity contribution in [2.24, 2.45) is 0 Å². The van der Waals surface area contributed by atoms with Crippen molar-refractivity contribution in [3.8, 4) is 0 Å². The highest BCUT2D eigenvalue weighted by molar-refractivity contribution is 5.16. The quantitative estimate of drug-likeness (QED) is 0.837. The zero-order valence-electron chi connectivity index (χ0n) is 11.4. The molecule has 4 nitrogen and oxygen atoms in total. The van der Waals surface area contributed by atoms with Crippen LogP contribution in [0, 0.1) is 0 Å². The number of nitrogens with zero attached hydrogens (tertiary/aromatic N) is 2. The molecule has 3 rings (SSSR count). The van der Waals surface area contributed by atoms with Crippen LogP contribution in [-0.2, 0) is 13.0 Å². The van der Waals surface area contributed by atoms with Crippen LogP contribution in [0.25, 0.3) is 0 Å². The average Bonchev–Trinajstić information content (AvgIpc) is 2.81. The van der Waals surface area contributed by atoms with Gasteiger partial charge in [0.15, 0.2) is 0 Å². The van der Waals surface area contributed by atoms with Crippen molar-refractivity contribution in [3.05, 3.63) is 17.7 Å². The second-order valence-electron chi connectivity index (χ2n) is 5.94. The molecule has 2 aliphatic rings. The highest BCUT2D eigenvalue weighted by Gasteiger charge is 2.29. The molecule has 1 saturated heterocycles. The van der Waals surface area contributed by atoms with E-state index in [1.807, 2.05) is 6.33 Å². The van der Waals surface area contributed by atoms with Crippen LogP contribution in [-0.4, -0.2) is 39.5 Å². The van der Waals surface area contributed by atoms with E-state index in [0.29, 0.717) is 6.04 Å². The third-order valence-electron chi connectivity index (χ3n) is 4.62. The maximum absolute atomic E-state index is 4.42. The summed E-state index contributed by atoms with van der Waals surface area (Å²) in [6, 6.07) is 2.02. The molecule has 18 heavy (non-hydrogen) atoms. The summed E-state index contributed by atoms with van der Waals surface area (Å²) >= 11 is 0. The number of H-pyrrole nitrogens is 1. The molecule has 100 valence electrons. The summed E-state index contributed by atoms with van der Waals surface area (Å²) in [6.07, 6.45) is 6.98. The van der Waals surface area contributed by atoms with Gasteiger partial charge in [-0.2, -0.15) is 0 Å². The van der Waals surface area contributed by atoms with Crippen molar-refractivity contribution in [1.82, 2.24) is 20.2 Å². The second kappa shape index (κ2) is 5.02. The topological polar surface area (TPSA) is 44.0 Å². The lowest BCUT2D eigenvalue weighted by Gasteiger charge is -2.41. The number of likely N-dealkylation sites (tertiary alicyclic amines) is 1. The molecule has 0 aliphatic carbocycles. The fraction of sp³-hybridized carbons (Fsp3) is 0.786. The lowest BCUT2D eigenvalue weighted by molar-refractivity contribution is 0.0892. The molecule has 0 saturated carbocycles. The maximum atomic E-state index is 4.42. The highest BCUT2D eigenvalue weighted by Crippen LogP contribution is 2.23. The number of aromatic amines is 1. The van der Waals surface area contributed by atoms with Crippen LogP contribution < -0.4 is 5.32 Å². The van der Waals surface area contributed by atoms with Crippen LogP contribution in [0.3, 0.4) is 0 Å². The van der Waals surface area contributed by atoms with Gasteiger partial charge in [-0.05, 0) is 26.7 Å². The van der Waals surface area contributed by atoms with E-state index >= 15 is 0 Å². The summed E-state index contributed by atoms with van der Waals surface area (Å²) in [5.41, 5.74) is 2.53. The molecule has 1 fully saturated rings. The Morgan fingerprint density at radius 1 is 1.33 bits per heavy atom. The van der Waals surface area contributed by atoms with Crippen molar-refractivity contribution in [3.63, 3.8) is 0 Å². The fourth-order valence-corrected chi connectivity index (χ4v) is 3.45. The van der Waals surface area contributed by atoms with Gasteiger partial charge in [0.2, 0.25) is 0 Å². The van der Waals surface area contributed by atoms with Crippen molar-refractivity contribution >= 4 is 0 Å². The van der Waals surface area contributed by atoms with Crippen molar-refractivity contribution in [2.75, 3.05) is 6.54 Å². The van der Waals surface area contributed by atoms with Crippen LogP contribution in [0.15, 0.2) is 6.33 Å². The van der Waals surface area contributed by atoms with E-state index in [2.05, 4.69) is 34.0 Å². The van der Waals surface area contributed by atoms with Gasteiger partial charge in [0.25, 0.3) is 0 Å². The van der Waals surface area contributed by atoms with E-state index in [4.69, 9.17) is 0 Å². The molecule has 3 heterocycles. The Bertz CT molecular complexity index is 390. The average molecular weight is 248 g/mol. The molecular formula is C14H24N4. The number of fused-ring (bicyclic) bond motifs is 1. The lowest BCUT2D eigenvalue weighted by Crippen LogP contribution is -2.52. The van der Waals surface area contributed by atoms with E-state index in [-0.39, 0.29) is 0 Å². The Hall–Kier alpha value is -0.870. The van der Waals surface area contributed by atoms with Crippen LogP contribution in [0.5, 0.6) is 0 Å². The molecule has 2 N–H and O–H groups in total. The third kappa shape index (κ3) is 2.31. The van der Waals surface area contributed by atoms with Gasteiger partial charge in [0.05, 0.1) is 17.7 Å². The van der Waals surface area contributed by atoms with Gasteiger partial charge in [0, 0.05) is 37.6 Å². The van der Waals surface area contributed by atoms with Gasteiger partial charge in [-0.25, -0.2) is 4.98 Å². The number of piperidine rings is 1. The Morgan fingerprint density at radius 3 is 2.89 bits per heavy atom. The third-order valence-corrected chi connectivity index (χ3v) is 4.62. The molecule has 0 amide bonds. The minimum atomic E-state index is 0.559. The molecule has 0 aromatic carbocycles. The predicted octanol–water partition coefficient (Wildman–Crippen LogP) is 1.69. The standard InChI is InChI=1S/C14H24N4/c1-10-4-3-5-11(2)18(10)8-12-6-13-14(7-15-12)17-9-16-13/h9-12,15H,3-8H2,1-2H3,(H,16,17)/t10-,11+,12?. The van der Waals surface area contributed by atoms with E-state index in [0.717, 1.165) is 31.6 Å². The zero-order valence-corrected chi connectivity index (χ0v) is 11.4. The van der Waals surface area contributed by atoms with Crippen LogP contribution in [0.2, 0.25) is 0 Å². The number of aromatic nitrogens is 2. The number of nitrogens with one attached hydrogen (secondary N) is 2. The monoisotopic (exact) mass is 248 g/mol. The first-order valence-corrected chi connectivity index (χ1v) is 7.24. The van der Waals surface area contributed by atoms with E-state index < -0.39 is 0 Å². The van der Waals surface area contributed by atoms with E-state index in [9.17, 15) is 0 Å². The van der Waals surface area contributed by atoms with Gasteiger partial charge >= 0.3 is 0 Å². The molecule has 1 aromatic heterocycles. The molecule has 0 bridgehead atoms. The summed E-state index contributed by atoms with van der Waals surface area (Å²) in [5.74, 6) is 0. The smallest absolute Gasteiger partial charge is 0.0925 e. The Morgan fingerprint density at radius 2 is 2.11 bits per heavy atom. The molecule has 0 spiro atoms. The minimum Gasteiger partial charge on any atom is -0.347 e. The fourth-order valence-electron chi connectivity index (χ4n) is 3.45. The summed E-state index contributed by atoms with van der Waals surface area (Å²) in [5, 5.41) is 3.64. The van der Waals surface area contributed by atoms with Gasteiger partial charge < -0.3 is 10.3 Å². The maximum Gasteiger partial charge on any atom is 0.0925 e. The first-order valence-electron chi connectivity index (χ1n) is 7.24. The second-order valence-corrected chi connectivity index (χ2v) is 5.94. The number of hydrogen-bond donors (Lipinski definition) is 2. The van der Waals surface area contributed by atoms with Gasteiger partial charge in [-0.15, -0.1) is 0 Å².